The van der Waals surface area contributed by atoms with Crippen LogP contribution < -0.4 is 10.6 Å². The summed E-state index contributed by atoms with van der Waals surface area (Å²) in [5.74, 6) is 0.545. The molecule has 0 amide bonds. The molecule has 96 valence electrons. The Balaban J connectivity index is 2.06. The average molecular weight is 248 g/mol. The van der Waals surface area contributed by atoms with Crippen molar-refractivity contribution in [3.8, 4) is 0 Å². The Bertz CT molecular complexity index is 559. The highest BCUT2D eigenvalue weighted by molar-refractivity contribution is 5.83. The zero-order valence-corrected chi connectivity index (χ0v) is 10.5. The number of aromatic nitrogens is 1. The number of benzene rings is 1. The van der Waals surface area contributed by atoms with Crippen LogP contribution in [-0.4, -0.2) is 31.6 Å². The van der Waals surface area contributed by atoms with Crippen molar-refractivity contribution < 1.29 is 4.39 Å². The zero-order chi connectivity index (χ0) is 13.0. The van der Waals surface area contributed by atoms with Gasteiger partial charge in [0.2, 0.25) is 0 Å². The Morgan fingerprint density at radius 3 is 3.00 bits per heavy atom. The molecular weight excluding hydrogens is 231 g/mol. The molecule has 18 heavy (non-hydrogen) atoms. The van der Waals surface area contributed by atoms with Crippen LogP contribution in [0.3, 0.4) is 0 Å². The summed E-state index contributed by atoms with van der Waals surface area (Å²) in [4.78, 5) is 7.17. The lowest BCUT2D eigenvalue weighted by atomic mass is 10.1. The highest BCUT2D eigenvalue weighted by Crippen LogP contribution is 2.19. The van der Waals surface area contributed by atoms with Crippen LogP contribution in [-0.2, 0) is 6.42 Å². The molecule has 0 bridgehead atoms. The summed E-state index contributed by atoms with van der Waals surface area (Å²) in [6, 6.07) is 4.78. The van der Waals surface area contributed by atoms with Gasteiger partial charge in [-0.1, -0.05) is 0 Å². The maximum absolute atomic E-state index is 13.2. The highest BCUT2D eigenvalue weighted by atomic mass is 19.1. The maximum Gasteiger partial charge on any atom is 0.190 e. The highest BCUT2D eigenvalue weighted by Gasteiger charge is 2.04. The van der Waals surface area contributed by atoms with Crippen LogP contribution in [0.4, 0.5) is 4.39 Å². The Labute approximate surface area is 105 Å². The smallest absolute Gasteiger partial charge is 0.190 e. The molecule has 0 aliphatic carbocycles. The first kappa shape index (κ1) is 12.4. The van der Waals surface area contributed by atoms with E-state index in [2.05, 4.69) is 20.6 Å². The molecule has 1 heterocycles. The van der Waals surface area contributed by atoms with Gasteiger partial charge in [-0.2, -0.15) is 0 Å². The molecule has 2 aromatic rings. The number of aliphatic imine (C=N–C) groups is 1. The third-order valence-corrected chi connectivity index (χ3v) is 2.88. The number of nitrogens with one attached hydrogen (secondary N) is 3. The van der Waals surface area contributed by atoms with Crippen molar-refractivity contribution in [2.24, 2.45) is 4.99 Å². The monoisotopic (exact) mass is 248 g/mol. The lowest BCUT2D eigenvalue weighted by Crippen LogP contribution is -2.35. The van der Waals surface area contributed by atoms with Gasteiger partial charge in [-0.3, -0.25) is 4.99 Å². The summed E-state index contributed by atoms with van der Waals surface area (Å²) in [6.45, 7) is 0.747. The van der Waals surface area contributed by atoms with Crippen molar-refractivity contribution in [2.45, 2.75) is 6.42 Å². The Morgan fingerprint density at radius 1 is 1.44 bits per heavy atom. The lowest BCUT2D eigenvalue weighted by molar-refractivity contribution is 0.629. The normalized spacial score (nSPS) is 11.8. The molecule has 0 fully saturated rings. The van der Waals surface area contributed by atoms with E-state index in [0.717, 1.165) is 35.4 Å². The summed E-state index contributed by atoms with van der Waals surface area (Å²) < 4.78 is 13.2. The minimum Gasteiger partial charge on any atom is -0.361 e. The fraction of sp³-hybridized carbons (Fsp3) is 0.308. The first-order valence-corrected chi connectivity index (χ1v) is 5.88. The van der Waals surface area contributed by atoms with Crippen LogP contribution in [0.15, 0.2) is 29.4 Å². The van der Waals surface area contributed by atoms with Gasteiger partial charge in [0.25, 0.3) is 0 Å². The van der Waals surface area contributed by atoms with Gasteiger partial charge < -0.3 is 15.6 Å². The quantitative estimate of drug-likeness (QED) is 0.571. The van der Waals surface area contributed by atoms with Crippen molar-refractivity contribution in [1.29, 1.82) is 0 Å². The van der Waals surface area contributed by atoms with E-state index in [-0.39, 0.29) is 5.82 Å². The zero-order valence-electron chi connectivity index (χ0n) is 10.5. The molecule has 0 radical (unpaired) electrons. The van der Waals surface area contributed by atoms with Gasteiger partial charge in [-0.05, 0) is 30.2 Å². The predicted molar refractivity (Wildman–Crippen MR) is 72.4 cm³/mol. The van der Waals surface area contributed by atoms with Gasteiger partial charge in [0.1, 0.15) is 5.82 Å². The fourth-order valence-electron chi connectivity index (χ4n) is 1.95. The number of fused-ring (bicyclic) bond motifs is 1. The van der Waals surface area contributed by atoms with Crippen LogP contribution >= 0.6 is 0 Å². The minimum atomic E-state index is -0.206. The molecule has 0 atom stereocenters. The largest absolute Gasteiger partial charge is 0.361 e. The number of halogens is 1. The molecular formula is C13H17FN4. The third-order valence-electron chi connectivity index (χ3n) is 2.88. The van der Waals surface area contributed by atoms with Gasteiger partial charge in [0.05, 0.1) is 0 Å². The predicted octanol–water partition coefficient (Wildman–Crippen LogP) is 1.64. The number of H-pyrrole nitrogens is 1. The van der Waals surface area contributed by atoms with Gasteiger partial charge in [-0.15, -0.1) is 0 Å². The molecule has 1 aromatic carbocycles. The van der Waals surface area contributed by atoms with E-state index in [9.17, 15) is 4.39 Å². The summed E-state index contributed by atoms with van der Waals surface area (Å²) >= 11 is 0. The second-order valence-corrected chi connectivity index (χ2v) is 4.00. The maximum atomic E-state index is 13.2. The van der Waals surface area contributed by atoms with Crippen molar-refractivity contribution >= 4 is 16.9 Å². The second kappa shape index (κ2) is 5.53. The summed E-state index contributed by atoms with van der Waals surface area (Å²) in [6.07, 6.45) is 2.73. The van der Waals surface area contributed by atoms with E-state index in [0.29, 0.717) is 0 Å². The van der Waals surface area contributed by atoms with Gasteiger partial charge >= 0.3 is 0 Å². The number of aromatic amines is 1. The van der Waals surface area contributed by atoms with E-state index < -0.39 is 0 Å². The molecule has 0 unspecified atom stereocenters. The first-order valence-electron chi connectivity index (χ1n) is 5.88. The number of hydrogen-bond acceptors (Lipinski definition) is 1. The molecule has 0 aliphatic rings. The Morgan fingerprint density at radius 2 is 2.28 bits per heavy atom. The van der Waals surface area contributed by atoms with E-state index >= 15 is 0 Å². The van der Waals surface area contributed by atoms with Crippen molar-refractivity contribution in [3.05, 3.63) is 35.8 Å². The van der Waals surface area contributed by atoms with Crippen molar-refractivity contribution in [2.75, 3.05) is 20.6 Å². The summed E-state index contributed by atoms with van der Waals surface area (Å²) in [5.41, 5.74) is 2.06. The number of hydrogen-bond donors (Lipinski definition) is 3. The molecule has 5 heteroatoms. The molecule has 3 N–H and O–H groups in total. The molecule has 0 saturated heterocycles. The van der Waals surface area contributed by atoms with Crippen LogP contribution in [0.25, 0.3) is 10.9 Å². The van der Waals surface area contributed by atoms with Crippen LogP contribution in [0.2, 0.25) is 0 Å². The SMILES string of the molecule is CN=C(NC)NCCc1c[nH]c2ccc(F)cc12. The first-order chi connectivity index (χ1) is 8.74. The van der Waals surface area contributed by atoms with Crippen LogP contribution in [0.5, 0.6) is 0 Å². The second-order valence-electron chi connectivity index (χ2n) is 4.00. The standard InChI is InChI=1S/C13H17FN4/c1-15-13(16-2)17-6-5-9-8-18-12-4-3-10(14)7-11(9)12/h3-4,7-8,18H,5-6H2,1-2H3,(H2,15,16,17). The third kappa shape index (κ3) is 2.61. The van der Waals surface area contributed by atoms with Crippen LogP contribution in [0.1, 0.15) is 5.56 Å². The molecule has 0 saturated carbocycles. The number of guanidine groups is 1. The topological polar surface area (TPSA) is 52.2 Å². The van der Waals surface area contributed by atoms with E-state index in [1.54, 1.807) is 19.2 Å². The van der Waals surface area contributed by atoms with E-state index in [1.807, 2.05) is 13.2 Å². The fourth-order valence-corrected chi connectivity index (χ4v) is 1.95. The van der Waals surface area contributed by atoms with Crippen molar-refractivity contribution in [3.63, 3.8) is 0 Å². The summed E-state index contributed by atoms with van der Waals surface area (Å²) in [5, 5.41) is 7.06. The summed E-state index contributed by atoms with van der Waals surface area (Å²) in [7, 11) is 3.54. The van der Waals surface area contributed by atoms with Gasteiger partial charge in [-0.25, -0.2) is 4.39 Å². The molecule has 0 aliphatic heterocycles. The Hall–Kier alpha value is -2.04. The van der Waals surface area contributed by atoms with E-state index in [4.69, 9.17) is 0 Å². The molecule has 1 aromatic heterocycles. The lowest BCUT2D eigenvalue weighted by Gasteiger charge is -2.07. The van der Waals surface area contributed by atoms with Gasteiger partial charge in [0.15, 0.2) is 5.96 Å². The van der Waals surface area contributed by atoms with Crippen molar-refractivity contribution in [1.82, 2.24) is 15.6 Å². The molecule has 2 rings (SSSR count). The van der Waals surface area contributed by atoms with E-state index in [1.165, 1.54) is 6.07 Å². The number of rotatable bonds is 3. The Kier molecular flexibility index (Phi) is 3.82. The van der Waals surface area contributed by atoms with Crippen LogP contribution in [0, 0.1) is 5.82 Å². The molecule has 0 spiro atoms. The minimum absolute atomic E-state index is 0.206. The number of nitrogens with zero attached hydrogens (tertiary/aromatic N) is 1. The molecule has 4 nitrogen and oxygen atoms in total. The average Bonchev–Trinajstić information content (AvgIpc) is 2.77. The van der Waals surface area contributed by atoms with Gasteiger partial charge in [0, 0.05) is 37.7 Å².